The molecule has 8 nitrogen and oxygen atoms in total. The molecular weight excluding hydrogens is 356 g/mol. The van der Waals surface area contributed by atoms with E-state index in [4.69, 9.17) is 20.0 Å². The molecule has 2 rings (SSSR count). The van der Waals surface area contributed by atoms with Gasteiger partial charge in [-0.1, -0.05) is 0 Å². The molecule has 0 amide bonds. The fraction of sp³-hybridized carbons (Fsp3) is 0.600. The molecule has 0 saturated carbocycles. The molecule has 0 aliphatic rings. The van der Waals surface area contributed by atoms with E-state index in [1.54, 1.807) is 0 Å². The monoisotopic (exact) mass is 386 g/mol. The normalized spacial score (nSPS) is 10.6. The predicted molar refractivity (Wildman–Crippen MR) is 101 cm³/mol. The van der Waals surface area contributed by atoms with E-state index in [1.165, 1.54) is 0 Å². The van der Waals surface area contributed by atoms with Gasteiger partial charge >= 0.3 is 0 Å². The molecule has 2 aromatic rings. The Morgan fingerprint density at radius 2 is 1.18 bits per heavy atom. The predicted octanol–water partition coefficient (Wildman–Crippen LogP) is 1.21. The van der Waals surface area contributed by atoms with Crippen LogP contribution in [-0.4, -0.2) is 35.6 Å². The quantitative estimate of drug-likeness (QED) is 0.340. The first kappa shape index (κ1) is 21.6. The third-order valence-corrected chi connectivity index (χ3v) is 4.26. The van der Waals surface area contributed by atoms with Gasteiger partial charge in [0, 0.05) is 12.8 Å². The van der Waals surface area contributed by atoms with Gasteiger partial charge in [0.15, 0.2) is 0 Å². The van der Waals surface area contributed by atoms with E-state index >= 15 is 0 Å². The molecule has 28 heavy (non-hydrogen) atoms. The Bertz CT molecular complexity index is 691. The van der Waals surface area contributed by atoms with E-state index in [-0.39, 0.29) is 0 Å². The molecule has 2 aromatic heterocycles. The first-order valence-corrected chi connectivity index (χ1v) is 9.81. The van der Waals surface area contributed by atoms with Crippen molar-refractivity contribution >= 4 is 0 Å². The lowest BCUT2D eigenvalue weighted by Gasteiger charge is -2.04. The number of aryl methyl sites for hydroxylation is 2. The molecule has 0 unspecified atom stereocenters. The van der Waals surface area contributed by atoms with Crippen molar-refractivity contribution in [1.29, 1.82) is 10.5 Å². The first-order valence-electron chi connectivity index (χ1n) is 9.81. The van der Waals surface area contributed by atoms with Crippen LogP contribution in [0.3, 0.4) is 0 Å². The second kappa shape index (κ2) is 13.5. The van der Waals surface area contributed by atoms with Crippen LogP contribution in [0.15, 0.2) is 37.4 Å². The van der Waals surface area contributed by atoms with E-state index in [1.807, 2.05) is 37.4 Å². The van der Waals surface area contributed by atoms with Crippen molar-refractivity contribution in [2.75, 3.05) is 26.4 Å². The number of rotatable bonds is 15. The minimum absolute atomic E-state index is 0.587. The number of hydrogen-bond acceptors (Lipinski definition) is 4. The average molecular weight is 387 g/mol. The van der Waals surface area contributed by atoms with Crippen molar-refractivity contribution in [2.45, 2.75) is 51.9 Å². The second-order valence-corrected chi connectivity index (χ2v) is 6.53. The smallest absolute Gasteiger partial charge is 0.243 e. The van der Waals surface area contributed by atoms with Gasteiger partial charge < -0.3 is 9.47 Å². The third kappa shape index (κ3) is 8.81. The standard InChI is InChI=1S/C20H30N6O2/c21-5-1-3-7-23-9-11-25(19-23)13-15-27-17-18-28-16-14-26-12-10-24(20-26)8-4-2-6-22/h9-12,19-20H,1-4,7-8,13-18H2/q+2. The minimum atomic E-state index is 0.587. The molecule has 0 aliphatic heterocycles. The SMILES string of the molecule is N#CCCC[n+]1ccn(CCOCCOCCn2cc[n+](CCCC#N)c2)c1. The summed E-state index contributed by atoms with van der Waals surface area (Å²) in [4.78, 5) is 0. The fourth-order valence-electron chi connectivity index (χ4n) is 2.75. The minimum Gasteiger partial charge on any atom is -0.375 e. The van der Waals surface area contributed by atoms with Gasteiger partial charge in [-0.3, -0.25) is 0 Å². The van der Waals surface area contributed by atoms with Gasteiger partial charge in [0.2, 0.25) is 12.7 Å². The largest absolute Gasteiger partial charge is 0.375 e. The van der Waals surface area contributed by atoms with Crippen LogP contribution in [0.5, 0.6) is 0 Å². The molecule has 0 bridgehead atoms. The van der Waals surface area contributed by atoms with Gasteiger partial charge in [-0.25, -0.2) is 18.3 Å². The van der Waals surface area contributed by atoms with Crippen LogP contribution in [0.1, 0.15) is 25.7 Å². The Kier molecular flexibility index (Phi) is 10.4. The Labute approximate surface area is 166 Å². The topological polar surface area (TPSA) is 83.7 Å². The summed E-state index contributed by atoms with van der Waals surface area (Å²) in [5.41, 5.74) is 0. The van der Waals surface area contributed by atoms with Crippen LogP contribution in [0.2, 0.25) is 0 Å². The Hall–Kier alpha value is -2.68. The van der Waals surface area contributed by atoms with Crippen LogP contribution in [0.25, 0.3) is 0 Å². The second-order valence-electron chi connectivity index (χ2n) is 6.53. The van der Waals surface area contributed by atoms with Crippen molar-refractivity contribution < 1.29 is 18.6 Å². The van der Waals surface area contributed by atoms with Crippen LogP contribution >= 0.6 is 0 Å². The number of unbranched alkanes of at least 4 members (excludes halogenated alkanes) is 2. The summed E-state index contributed by atoms with van der Waals surface area (Å²) >= 11 is 0. The van der Waals surface area contributed by atoms with Crippen LogP contribution in [-0.2, 0) is 35.7 Å². The number of nitrogens with zero attached hydrogens (tertiary/aromatic N) is 6. The highest BCUT2D eigenvalue weighted by Gasteiger charge is 2.04. The summed E-state index contributed by atoms with van der Waals surface area (Å²) in [5.74, 6) is 0. The van der Waals surface area contributed by atoms with Crippen LogP contribution in [0.4, 0.5) is 0 Å². The molecule has 8 heteroatoms. The molecule has 2 heterocycles. The number of aromatic nitrogens is 4. The summed E-state index contributed by atoms with van der Waals surface area (Å²) in [6.45, 7) is 5.83. The first-order chi connectivity index (χ1) is 13.8. The Morgan fingerprint density at radius 1 is 0.714 bits per heavy atom. The van der Waals surface area contributed by atoms with E-state index in [2.05, 4.69) is 30.4 Å². The van der Waals surface area contributed by atoms with E-state index in [9.17, 15) is 0 Å². The molecule has 0 radical (unpaired) electrons. The highest BCUT2D eigenvalue weighted by molar-refractivity contribution is 4.69. The summed E-state index contributed by atoms with van der Waals surface area (Å²) in [6, 6.07) is 4.33. The van der Waals surface area contributed by atoms with Crippen LogP contribution < -0.4 is 9.13 Å². The van der Waals surface area contributed by atoms with Crippen molar-refractivity contribution in [1.82, 2.24) is 9.13 Å². The lowest BCUT2D eigenvalue weighted by Crippen LogP contribution is -2.31. The van der Waals surface area contributed by atoms with Gasteiger partial charge in [-0.15, -0.1) is 0 Å². The molecule has 0 N–H and O–H groups in total. The summed E-state index contributed by atoms with van der Waals surface area (Å²) in [5, 5.41) is 17.1. The third-order valence-electron chi connectivity index (χ3n) is 4.26. The van der Waals surface area contributed by atoms with Gasteiger partial charge in [0.25, 0.3) is 0 Å². The maximum atomic E-state index is 8.56. The number of ether oxygens (including phenoxy) is 2. The number of hydrogen-bond donors (Lipinski definition) is 0. The lowest BCUT2D eigenvalue weighted by atomic mass is 10.3. The van der Waals surface area contributed by atoms with Crippen molar-refractivity contribution in [2.24, 2.45) is 0 Å². The molecule has 0 spiro atoms. The van der Waals surface area contributed by atoms with Gasteiger partial charge in [-0.2, -0.15) is 10.5 Å². The zero-order chi connectivity index (χ0) is 19.9. The van der Waals surface area contributed by atoms with Crippen molar-refractivity contribution in [3.8, 4) is 12.1 Å². The molecule has 0 aromatic carbocycles. The molecule has 0 saturated heterocycles. The molecule has 150 valence electrons. The maximum absolute atomic E-state index is 8.56. The highest BCUT2D eigenvalue weighted by atomic mass is 16.5. The molecular formula is C20H30N6O2+2. The highest BCUT2D eigenvalue weighted by Crippen LogP contribution is 1.92. The molecule has 0 atom stereocenters. The van der Waals surface area contributed by atoms with Crippen molar-refractivity contribution in [3.05, 3.63) is 37.4 Å². The van der Waals surface area contributed by atoms with Gasteiger partial charge in [0.1, 0.15) is 37.9 Å². The molecule has 0 fully saturated rings. The van der Waals surface area contributed by atoms with E-state index < -0.39 is 0 Å². The van der Waals surface area contributed by atoms with E-state index in [0.717, 1.165) is 39.0 Å². The molecule has 0 aliphatic carbocycles. The summed E-state index contributed by atoms with van der Waals surface area (Å²) < 4.78 is 19.6. The summed E-state index contributed by atoms with van der Waals surface area (Å²) in [7, 11) is 0. The van der Waals surface area contributed by atoms with Crippen molar-refractivity contribution in [3.63, 3.8) is 0 Å². The maximum Gasteiger partial charge on any atom is 0.243 e. The lowest BCUT2D eigenvalue weighted by molar-refractivity contribution is -0.696. The number of imidazole rings is 2. The fourth-order valence-corrected chi connectivity index (χ4v) is 2.75. The Balaban J connectivity index is 1.46. The number of nitriles is 2. The Morgan fingerprint density at radius 3 is 1.61 bits per heavy atom. The van der Waals surface area contributed by atoms with Crippen LogP contribution in [0, 0.1) is 22.7 Å². The van der Waals surface area contributed by atoms with Gasteiger partial charge in [0.05, 0.1) is 51.7 Å². The zero-order valence-corrected chi connectivity index (χ0v) is 16.4. The summed E-state index contributed by atoms with van der Waals surface area (Å²) in [6.07, 6.45) is 15.1. The zero-order valence-electron chi connectivity index (χ0n) is 16.4. The van der Waals surface area contributed by atoms with Gasteiger partial charge in [-0.05, 0) is 12.8 Å². The van der Waals surface area contributed by atoms with E-state index in [0.29, 0.717) is 39.3 Å². The average Bonchev–Trinajstić information content (AvgIpc) is 3.34.